The summed E-state index contributed by atoms with van der Waals surface area (Å²) in [5, 5.41) is 6.08. The highest BCUT2D eigenvalue weighted by Crippen LogP contribution is 2.23. The zero-order chi connectivity index (χ0) is 12.5. The van der Waals surface area contributed by atoms with E-state index < -0.39 is 0 Å². The first-order valence-corrected chi connectivity index (χ1v) is 5.24. The molecule has 0 aliphatic carbocycles. The van der Waals surface area contributed by atoms with Crippen LogP contribution in [0.15, 0.2) is 29.4 Å². The third-order valence-corrected chi connectivity index (χ3v) is 1.92. The van der Waals surface area contributed by atoms with Gasteiger partial charge in [0, 0.05) is 18.4 Å². The molecule has 0 heterocycles. The molecule has 0 radical (unpaired) electrons. The third kappa shape index (κ3) is 4.90. The maximum atomic E-state index is 11.0. The average molecular weight is 234 g/mol. The van der Waals surface area contributed by atoms with Gasteiger partial charge in [0.05, 0.1) is 12.3 Å². The number of carbonyl (C=O) groups excluding carboxylic acids is 1. The fraction of sp³-hybridized carbons (Fsp3) is 0.364. The van der Waals surface area contributed by atoms with E-state index in [-0.39, 0.29) is 5.91 Å². The van der Waals surface area contributed by atoms with Crippen LogP contribution in [-0.4, -0.2) is 19.1 Å². The van der Waals surface area contributed by atoms with E-state index in [0.29, 0.717) is 31.0 Å². The minimum absolute atomic E-state index is 0.143. The third-order valence-electron chi connectivity index (χ3n) is 1.92. The summed E-state index contributed by atoms with van der Waals surface area (Å²) in [6.07, 6.45) is 0.637. The van der Waals surface area contributed by atoms with Crippen molar-refractivity contribution in [3.63, 3.8) is 0 Å². The maximum absolute atomic E-state index is 11.0. The molecular weight excluding hydrogens is 220 g/mol. The Labute approximate surface area is 99.2 Å². The number of hydrogen-bond donors (Lipinski definition) is 1. The smallest absolute Gasteiger partial charge is 0.221 e. The van der Waals surface area contributed by atoms with Crippen LogP contribution >= 0.6 is 0 Å². The molecule has 0 atom stereocenters. The lowest BCUT2D eigenvalue weighted by Gasteiger charge is -2.10. The minimum Gasteiger partial charge on any atom is -0.491 e. The van der Waals surface area contributed by atoms with Gasteiger partial charge in [0.25, 0.3) is 0 Å². The van der Waals surface area contributed by atoms with Crippen molar-refractivity contribution in [3.8, 4) is 5.75 Å². The van der Waals surface area contributed by atoms with Crippen LogP contribution in [0.1, 0.15) is 13.3 Å². The van der Waals surface area contributed by atoms with Gasteiger partial charge >= 0.3 is 0 Å². The Morgan fingerprint density at radius 2 is 2.29 bits per heavy atom. The summed E-state index contributed by atoms with van der Waals surface area (Å²) in [6.45, 7) is 2.28. The van der Waals surface area contributed by atoms with Crippen molar-refractivity contribution in [1.82, 2.24) is 0 Å². The van der Waals surface area contributed by atoms with Crippen molar-refractivity contribution in [2.45, 2.75) is 13.3 Å². The number of nitrogens with one attached hydrogen (secondary N) is 1. The highest BCUT2D eigenvalue weighted by molar-refractivity contribution is 5.90. The summed E-state index contributed by atoms with van der Waals surface area (Å²) in [5.41, 5.74) is 8.74. The zero-order valence-electron chi connectivity index (χ0n) is 9.59. The van der Waals surface area contributed by atoms with Crippen LogP contribution in [0.5, 0.6) is 5.75 Å². The zero-order valence-corrected chi connectivity index (χ0v) is 9.59. The van der Waals surface area contributed by atoms with Gasteiger partial charge in [-0.25, -0.2) is 0 Å². The molecule has 0 fully saturated rings. The number of benzene rings is 1. The SMILES string of the molecule is CC(=O)Nc1ccccc1OCCCN=[N+]=[N-]. The summed E-state index contributed by atoms with van der Waals surface area (Å²) < 4.78 is 5.49. The van der Waals surface area contributed by atoms with E-state index in [1.165, 1.54) is 6.92 Å². The highest BCUT2D eigenvalue weighted by atomic mass is 16.5. The molecule has 90 valence electrons. The van der Waals surface area contributed by atoms with Crippen LogP contribution in [0.4, 0.5) is 5.69 Å². The monoisotopic (exact) mass is 234 g/mol. The molecule has 0 saturated heterocycles. The molecule has 1 amide bonds. The Balaban J connectivity index is 2.51. The first kappa shape index (κ1) is 12.9. The second-order valence-corrected chi connectivity index (χ2v) is 3.33. The van der Waals surface area contributed by atoms with Crippen LogP contribution in [0.3, 0.4) is 0 Å². The van der Waals surface area contributed by atoms with Gasteiger partial charge in [-0.2, -0.15) is 0 Å². The predicted molar refractivity (Wildman–Crippen MR) is 64.9 cm³/mol. The summed E-state index contributed by atoms with van der Waals surface area (Å²) in [7, 11) is 0. The second kappa shape index (κ2) is 7.14. The van der Waals surface area contributed by atoms with Crippen LogP contribution < -0.4 is 10.1 Å². The van der Waals surface area contributed by atoms with Crippen molar-refractivity contribution in [2.75, 3.05) is 18.5 Å². The quantitative estimate of drug-likeness (QED) is 0.355. The van der Waals surface area contributed by atoms with Gasteiger partial charge < -0.3 is 10.1 Å². The van der Waals surface area contributed by atoms with Gasteiger partial charge in [0.15, 0.2) is 0 Å². The molecule has 1 rings (SSSR count). The number of azide groups is 1. The average Bonchev–Trinajstić information content (AvgIpc) is 2.30. The van der Waals surface area contributed by atoms with Crippen LogP contribution in [-0.2, 0) is 4.79 Å². The van der Waals surface area contributed by atoms with E-state index in [1.807, 2.05) is 12.1 Å². The van der Waals surface area contributed by atoms with Gasteiger partial charge in [-0.05, 0) is 24.1 Å². The Morgan fingerprint density at radius 3 is 3.00 bits per heavy atom. The number of para-hydroxylation sites is 2. The number of amides is 1. The van der Waals surface area contributed by atoms with Gasteiger partial charge in [0.1, 0.15) is 5.75 Å². The molecule has 0 unspecified atom stereocenters. The van der Waals surface area contributed by atoms with Gasteiger partial charge in [-0.3, -0.25) is 4.79 Å². The normalized spacial score (nSPS) is 9.24. The van der Waals surface area contributed by atoms with Crippen molar-refractivity contribution < 1.29 is 9.53 Å². The topological polar surface area (TPSA) is 87.1 Å². The molecule has 1 aromatic carbocycles. The molecule has 0 bridgehead atoms. The van der Waals surface area contributed by atoms with E-state index in [2.05, 4.69) is 15.3 Å². The number of carbonyl (C=O) groups is 1. The molecule has 0 spiro atoms. The Kier molecular flexibility index (Phi) is 5.40. The molecular formula is C11H14N4O2. The van der Waals surface area contributed by atoms with Crippen LogP contribution in [0.2, 0.25) is 0 Å². The van der Waals surface area contributed by atoms with Gasteiger partial charge in [0.2, 0.25) is 5.91 Å². The lowest BCUT2D eigenvalue weighted by molar-refractivity contribution is -0.114. The molecule has 0 aliphatic rings. The van der Waals surface area contributed by atoms with E-state index in [4.69, 9.17) is 10.3 Å². The Hall–Kier alpha value is -2.20. The molecule has 6 nitrogen and oxygen atoms in total. The Morgan fingerprint density at radius 1 is 1.53 bits per heavy atom. The number of anilines is 1. The van der Waals surface area contributed by atoms with Crippen molar-refractivity contribution in [3.05, 3.63) is 34.7 Å². The van der Waals surface area contributed by atoms with Gasteiger partial charge in [-0.1, -0.05) is 17.2 Å². The van der Waals surface area contributed by atoms with E-state index in [1.54, 1.807) is 12.1 Å². The fourth-order valence-electron chi connectivity index (χ4n) is 1.25. The molecule has 6 heteroatoms. The van der Waals surface area contributed by atoms with Crippen molar-refractivity contribution in [2.24, 2.45) is 5.11 Å². The maximum Gasteiger partial charge on any atom is 0.221 e. The highest BCUT2D eigenvalue weighted by Gasteiger charge is 2.03. The van der Waals surface area contributed by atoms with Crippen molar-refractivity contribution >= 4 is 11.6 Å². The van der Waals surface area contributed by atoms with Crippen LogP contribution in [0, 0.1) is 0 Å². The summed E-state index contributed by atoms with van der Waals surface area (Å²) >= 11 is 0. The van der Waals surface area contributed by atoms with E-state index in [0.717, 1.165) is 0 Å². The summed E-state index contributed by atoms with van der Waals surface area (Å²) in [4.78, 5) is 13.6. The molecule has 17 heavy (non-hydrogen) atoms. The number of rotatable bonds is 6. The summed E-state index contributed by atoms with van der Waals surface area (Å²) in [5.74, 6) is 0.471. The number of nitrogens with zero attached hydrogens (tertiary/aromatic N) is 3. The number of hydrogen-bond acceptors (Lipinski definition) is 3. The molecule has 1 aromatic rings. The predicted octanol–water partition coefficient (Wildman–Crippen LogP) is 2.72. The molecule has 0 aliphatic heterocycles. The van der Waals surface area contributed by atoms with E-state index in [9.17, 15) is 4.79 Å². The lowest BCUT2D eigenvalue weighted by Crippen LogP contribution is -2.08. The second-order valence-electron chi connectivity index (χ2n) is 3.33. The first-order chi connectivity index (χ1) is 8.24. The van der Waals surface area contributed by atoms with Crippen LogP contribution in [0.25, 0.3) is 10.4 Å². The largest absolute Gasteiger partial charge is 0.491 e. The molecule has 1 N–H and O–H groups in total. The lowest BCUT2D eigenvalue weighted by atomic mass is 10.3. The fourth-order valence-corrected chi connectivity index (χ4v) is 1.25. The Bertz CT molecular complexity index is 427. The first-order valence-electron chi connectivity index (χ1n) is 5.24. The van der Waals surface area contributed by atoms with E-state index >= 15 is 0 Å². The van der Waals surface area contributed by atoms with Gasteiger partial charge in [-0.15, -0.1) is 0 Å². The number of ether oxygens (including phenoxy) is 1. The summed E-state index contributed by atoms with van der Waals surface area (Å²) in [6, 6.07) is 7.19. The minimum atomic E-state index is -0.143. The molecule has 0 aromatic heterocycles. The molecule has 0 saturated carbocycles. The van der Waals surface area contributed by atoms with Crippen molar-refractivity contribution in [1.29, 1.82) is 0 Å². The standard InChI is InChI=1S/C11H14N4O2/c1-9(16)14-10-5-2-3-6-11(10)17-8-4-7-13-15-12/h2-3,5-6H,4,7-8H2,1H3,(H,14,16).